The molecule has 0 bridgehead atoms. The second-order valence-corrected chi connectivity index (χ2v) is 6.90. The molecule has 2 rings (SSSR count). The number of carbonyl (C=O) groups is 2. The third-order valence-corrected chi connectivity index (χ3v) is 5.05. The van der Waals surface area contributed by atoms with Crippen molar-refractivity contribution >= 4 is 11.8 Å². The summed E-state index contributed by atoms with van der Waals surface area (Å²) in [4.78, 5) is 26.5. The van der Waals surface area contributed by atoms with Gasteiger partial charge in [-0.05, 0) is 51.9 Å². The lowest BCUT2D eigenvalue weighted by molar-refractivity contribution is -0.147. The Hall–Kier alpha value is -1.10. The average molecular weight is 310 g/mol. The molecular formula is C17H30N2O3. The number of rotatable bonds is 5. The molecule has 126 valence electrons. The van der Waals surface area contributed by atoms with Gasteiger partial charge < -0.3 is 15.0 Å². The molecule has 0 aliphatic heterocycles. The molecule has 0 heterocycles. The lowest BCUT2D eigenvalue weighted by Crippen LogP contribution is -2.52. The quantitative estimate of drug-likeness (QED) is 0.846. The van der Waals surface area contributed by atoms with E-state index in [9.17, 15) is 9.59 Å². The molecule has 2 aliphatic carbocycles. The largest absolute Gasteiger partial charge is 0.365 e. The monoisotopic (exact) mass is 310 g/mol. The van der Waals surface area contributed by atoms with E-state index in [0.29, 0.717) is 6.61 Å². The highest BCUT2D eigenvalue weighted by molar-refractivity contribution is 5.86. The molecule has 1 N–H and O–H groups in total. The van der Waals surface area contributed by atoms with Gasteiger partial charge >= 0.3 is 0 Å². The Labute approximate surface area is 133 Å². The van der Waals surface area contributed by atoms with Crippen LogP contribution in [-0.2, 0) is 14.3 Å². The number of nitrogens with zero attached hydrogens (tertiary/aromatic N) is 1. The molecule has 0 radical (unpaired) electrons. The second-order valence-electron chi connectivity index (χ2n) is 6.90. The van der Waals surface area contributed by atoms with Gasteiger partial charge in [-0.15, -0.1) is 0 Å². The van der Waals surface area contributed by atoms with Crippen molar-refractivity contribution in [2.24, 2.45) is 5.92 Å². The molecule has 22 heavy (non-hydrogen) atoms. The Balaban J connectivity index is 1.94. The number of hydrogen-bond acceptors (Lipinski definition) is 3. The van der Waals surface area contributed by atoms with E-state index >= 15 is 0 Å². The fourth-order valence-corrected chi connectivity index (χ4v) is 3.89. The van der Waals surface area contributed by atoms with Crippen LogP contribution in [0.3, 0.4) is 0 Å². The average Bonchev–Trinajstić information content (AvgIpc) is 2.97. The molecule has 0 aromatic heterocycles. The molecule has 2 aliphatic rings. The summed E-state index contributed by atoms with van der Waals surface area (Å²) in [6.45, 7) is 2.51. The van der Waals surface area contributed by atoms with Crippen molar-refractivity contribution in [3.8, 4) is 0 Å². The van der Waals surface area contributed by atoms with E-state index in [1.54, 1.807) is 19.0 Å². The van der Waals surface area contributed by atoms with Crippen LogP contribution in [0, 0.1) is 5.92 Å². The molecule has 0 aromatic carbocycles. The van der Waals surface area contributed by atoms with Gasteiger partial charge in [0.1, 0.15) is 5.60 Å². The van der Waals surface area contributed by atoms with Gasteiger partial charge in [0.2, 0.25) is 5.91 Å². The zero-order valence-corrected chi connectivity index (χ0v) is 14.2. The minimum Gasteiger partial charge on any atom is -0.365 e. The third-order valence-electron chi connectivity index (χ3n) is 5.05. The summed E-state index contributed by atoms with van der Waals surface area (Å²) in [6.07, 6.45) is 7.39. The maximum absolute atomic E-state index is 12.7. The highest BCUT2D eigenvalue weighted by atomic mass is 16.5. The van der Waals surface area contributed by atoms with Gasteiger partial charge in [0.15, 0.2) is 0 Å². The molecule has 2 saturated carbocycles. The Morgan fingerprint density at radius 1 is 1.18 bits per heavy atom. The van der Waals surface area contributed by atoms with Crippen molar-refractivity contribution in [3.63, 3.8) is 0 Å². The minimum absolute atomic E-state index is 0.0369. The smallest absolute Gasteiger partial charge is 0.252 e. The number of amides is 2. The van der Waals surface area contributed by atoms with Crippen LogP contribution in [0.25, 0.3) is 0 Å². The number of nitrogens with one attached hydrogen (secondary N) is 1. The first-order valence-electron chi connectivity index (χ1n) is 8.64. The van der Waals surface area contributed by atoms with Gasteiger partial charge in [0, 0.05) is 32.7 Å². The summed E-state index contributed by atoms with van der Waals surface area (Å²) in [6, 6.07) is 0.105. The number of ether oxygens (including phenoxy) is 1. The van der Waals surface area contributed by atoms with Crippen molar-refractivity contribution in [2.75, 3.05) is 20.7 Å². The van der Waals surface area contributed by atoms with E-state index in [0.717, 1.165) is 51.4 Å². The molecule has 0 saturated heterocycles. The zero-order chi connectivity index (χ0) is 16.2. The minimum atomic E-state index is -0.618. The van der Waals surface area contributed by atoms with Crippen LogP contribution in [0.5, 0.6) is 0 Å². The predicted molar refractivity (Wildman–Crippen MR) is 85.4 cm³/mol. The first-order valence-corrected chi connectivity index (χ1v) is 8.64. The Morgan fingerprint density at radius 2 is 1.86 bits per heavy atom. The molecular weight excluding hydrogens is 280 g/mol. The summed E-state index contributed by atoms with van der Waals surface area (Å²) >= 11 is 0. The zero-order valence-electron chi connectivity index (χ0n) is 14.2. The van der Waals surface area contributed by atoms with E-state index in [4.69, 9.17) is 4.74 Å². The Bertz CT molecular complexity index is 403. The van der Waals surface area contributed by atoms with E-state index < -0.39 is 5.60 Å². The maximum atomic E-state index is 12.7. The topological polar surface area (TPSA) is 58.6 Å². The van der Waals surface area contributed by atoms with Crippen molar-refractivity contribution < 1.29 is 14.3 Å². The highest BCUT2D eigenvalue weighted by Gasteiger charge is 2.43. The van der Waals surface area contributed by atoms with Gasteiger partial charge in [0.25, 0.3) is 5.91 Å². The maximum Gasteiger partial charge on any atom is 0.252 e. The summed E-state index contributed by atoms with van der Waals surface area (Å²) in [5.74, 6) is 0.259. The molecule has 2 amide bonds. The Kier molecular flexibility index (Phi) is 5.84. The van der Waals surface area contributed by atoms with Gasteiger partial charge in [0.05, 0.1) is 0 Å². The van der Waals surface area contributed by atoms with E-state index in [2.05, 4.69) is 5.32 Å². The van der Waals surface area contributed by atoms with Gasteiger partial charge in [-0.3, -0.25) is 9.59 Å². The SMILES string of the molecule is CCOC1(C(=O)N[C@@H]2CCC[C@H](C(=O)N(C)C)C2)CCCC1. The van der Waals surface area contributed by atoms with Crippen LogP contribution < -0.4 is 5.32 Å². The predicted octanol–water partition coefficient (Wildman–Crippen LogP) is 2.10. The first kappa shape index (κ1) is 17.3. The van der Waals surface area contributed by atoms with E-state index in [-0.39, 0.29) is 23.8 Å². The molecule has 0 aromatic rings. The van der Waals surface area contributed by atoms with E-state index in [1.165, 1.54) is 0 Å². The Morgan fingerprint density at radius 3 is 2.45 bits per heavy atom. The lowest BCUT2D eigenvalue weighted by atomic mass is 9.84. The molecule has 2 fully saturated rings. The van der Waals surface area contributed by atoms with Gasteiger partial charge in [-0.1, -0.05) is 6.42 Å². The number of hydrogen-bond donors (Lipinski definition) is 1. The van der Waals surface area contributed by atoms with Crippen molar-refractivity contribution in [2.45, 2.75) is 69.9 Å². The van der Waals surface area contributed by atoms with Gasteiger partial charge in [-0.2, -0.15) is 0 Å². The van der Waals surface area contributed by atoms with Crippen molar-refractivity contribution in [1.82, 2.24) is 10.2 Å². The summed E-state index contributed by atoms with van der Waals surface area (Å²) in [5.41, 5.74) is -0.618. The fourth-order valence-electron chi connectivity index (χ4n) is 3.89. The third kappa shape index (κ3) is 3.80. The standard InChI is InChI=1S/C17H30N2O3/c1-4-22-17(10-5-6-11-17)16(21)18-14-9-7-8-13(12-14)15(20)19(2)3/h13-14H,4-12H2,1-3H3,(H,18,21)/t13-,14+/m0/s1. The fraction of sp³-hybridized carbons (Fsp3) is 0.882. The molecule has 0 unspecified atom stereocenters. The summed E-state index contributed by atoms with van der Waals surface area (Å²) in [5, 5.41) is 3.18. The van der Waals surface area contributed by atoms with Crippen molar-refractivity contribution in [1.29, 1.82) is 0 Å². The molecule has 5 heteroatoms. The lowest BCUT2D eigenvalue weighted by Gasteiger charge is -2.34. The summed E-state index contributed by atoms with van der Waals surface area (Å²) in [7, 11) is 3.60. The molecule has 5 nitrogen and oxygen atoms in total. The first-order chi connectivity index (χ1) is 10.5. The van der Waals surface area contributed by atoms with Crippen LogP contribution in [0.1, 0.15) is 58.3 Å². The summed E-state index contributed by atoms with van der Waals surface area (Å²) < 4.78 is 5.82. The van der Waals surface area contributed by atoms with Crippen LogP contribution in [0.2, 0.25) is 0 Å². The molecule has 2 atom stereocenters. The van der Waals surface area contributed by atoms with Crippen LogP contribution >= 0.6 is 0 Å². The normalized spacial score (nSPS) is 27.4. The van der Waals surface area contributed by atoms with Crippen LogP contribution in [-0.4, -0.2) is 49.1 Å². The second kappa shape index (κ2) is 7.44. The van der Waals surface area contributed by atoms with Crippen molar-refractivity contribution in [3.05, 3.63) is 0 Å². The molecule has 0 spiro atoms. The van der Waals surface area contributed by atoms with Gasteiger partial charge in [-0.25, -0.2) is 0 Å². The van der Waals surface area contributed by atoms with Crippen LogP contribution in [0.4, 0.5) is 0 Å². The van der Waals surface area contributed by atoms with Crippen LogP contribution in [0.15, 0.2) is 0 Å². The highest BCUT2D eigenvalue weighted by Crippen LogP contribution is 2.34. The number of carbonyl (C=O) groups excluding carboxylic acids is 2. The van der Waals surface area contributed by atoms with E-state index in [1.807, 2.05) is 6.92 Å².